The predicted molar refractivity (Wildman–Crippen MR) is 124 cm³/mol. The van der Waals surface area contributed by atoms with Crippen molar-refractivity contribution in [1.29, 1.82) is 0 Å². The van der Waals surface area contributed by atoms with Gasteiger partial charge in [-0.3, -0.25) is 14.4 Å². The van der Waals surface area contributed by atoms with E-state index in [4.69, 9.17) is 14.2 Å². The van der Waals surface area contributed by atoms with Crippen LogP contribution in [0.4, 0.5) is 14.5 Å². The van der Waals surface area contributed by atoms with E-state index in [0.717, 1.165) is 12.1 Å². The summed E-state index contributed by atoms with van der Waals surface area (Å²) in [6.07, 6.45) is -0.363. The second kappa shape index (κ2) is 9.69. The number of rotatable bonds is 8. The molecule has 9 heteroatoms. The summed E-state index contributed by atoms with van der Waals surface area (Å²) in [4.78, 5) is 39.2. The van der Waals surface area contributed by atoms with Gasteiger partial charge in [0, 0.05) is 10.8 Å². The Kier molecular flexibility index (Phi) is 6.68. The first-order valence-electron chi connectivity index (χ1n) is 11.2. The number of hydrogen-bond acceptors (Lipinski definition) is 6. The van der Waals surface area contributed by atoms with Gasteiger partial charge in [0.05, 0.1) is 37.4 Å². The molecular weight excluding hydrogens is 460 g/mol. The number of carbonyl (C=O) groups excluding carboxylic acids is 3. The molecule has 0 fully saturated rings. The van der Waals surface area contributed by atoms with Gasteiger partial charge in [-0.25, -0.2) is 13.7 Å². The number of amides is 2. The number of carbonyl (C=O) groups is 3. The molecule has 0 saturated carbocycles. The van der Waals surface area contributed by atoms with Gasteiger partial charge in [-0.2, -0.15) is 0 Å². The molecule has 0 atom stereocenters. The second-order valence-electron chi connectivity index (χ2n) is 7.66. The zero-order valence-corrected chi connectivity index (χ0v) is 19.4. The summed E-state index contributed by atoms with van der Waals surface area (Å²) < 4.78 is 46.6. The van der Waals surface area contributed by atoms with Crippen LogP contribution in [-0.2, 0) is 16.0 Å². The summed E-state index contributed by atoms with van der Waals surface area (Å²) >= 11 is 0. The molecule has 0 bridgehead atoms. The Hall–Kier alpha value is -4.01. The first kappa shape index (κ1) is 24.1. The quantitative estimate of drug-likeness (QED) is 0.338. The molecule has 0 N–H and O–H groups in total. The van der Waals surface area contributed by atoms with Crippen molar-refractivity contribution in [2.45, 2.75) is 27.2 Å². The first-order valence-corrected chi connectivity index (χ1v) is 11.2. The van der Waals surface area contributed by atoms with Gasteiger partial charge < -0.3 is 14.2 Å². The van der Waals surface area contributed by atoms with Gasteiger partial charge in [-0.1, -0.05) is 24.3 Å². The molecule has 182 valence electrons. The Morgan fingerprint density at radius 1 is 0.829 bits per heavy atom. The molecule has 2 amide bonds. The number of anilines is 1. The Labute approximate surface area is 200 Å². The van der Waals surface area contributed by atoms with Crippen molar-refractivity contribution in [2.75, 3.05) is 24.7 Å². The molecule has 0 aliphatic carbocycles. The molecule has 3 aromatic carbocycles. The van der Waals surface area contributed by atoms with Gasteiger partial charge >= 0.3 is 5.97 Å². The lowest BCUT2D eigenvalue weighted by atomic mass is 9.99. The lowest BCUT2D eigenvalue weighted by Gasteiger charge is -2.17. The van der Waals surface area contributed by atoms with E-state index in [1.165, 1.54) is 0 Å². The van der Waals surface area contributed by atoms with Crippen LogP contribution in [-0.4, -0.2) is 37.6 Å². The Morgan fingerprint density at radius 2 is 1.31 bits per heavy atom. The molecule has 35 heavy (non-hydrogen) atoms. The summed E-state index contributed by atoms with van der Waals surface area (Å²) in [5.74, 6) is -4.58. The normalized spacial score (nSPS) is 12.8. The number of nitrogens with zero attached hydrogens (tertiary/aromatic N) is 1. The third-order valence-corrected chi connectivity index (χ3v) is 5.49. The Bertz CT molecular complexity index is 1270. The SMILES string of the molecule is CCOC(=O)Cc1cc(F)c(N2C(=O)c3c(c(OCC)c4ccccc4c3OCC)C2=O)c(F)c1. The van der Waals surface area contributed by atoms with Crippen LogP contribution in [0.3, 0.4) is 0 Å². The molecule has 1 heterocycles. The van der Waals surface area contributed by atoms with Crippen molar-refractivity contribution < 1.29 is 37.4 Å². The average molecular weight is 483 g/mol. The first-order chi connectivity index (χ1) is 16.8. The van der Waals surface area contributed by atoms with E-state index in [-0.39, 0.29) is 54.4 Å². The van der Waals surface area contributed by atoms with Crippen LogP contribution in [0.5, 0.6) is 11.5 Å². The fourth-order valence-corrected chi connectivity index (χ4v) is 4.20. The number of esters is 1. The minimum atomic E-state index is -1.17. The van der Waals surface area contributed by atoms with Gasteiger partial charge in [0.15, 0.2) is 11.6 Å². The molecule has 4 rings (SSSR count). The number of hydrogen-bond donors (Lipinski definition) is 0. The third-order valence-electron chi connectivity index (χ3n) is 5.49. The molecule has 0 saturated heterocycles. The van der Waals surface area contributed by atoms with Gasteiger partial charge in [-0.15, -0.1) is 0 Å². The second-order valence-corrected chi connectivity index (χ2v) is 7.66. The standard InChI is InChI=1S/C26H23F2NO6/c1-4-33-19(30)13-14-11-17(27)22(18(28)12-14)29-25(31)20-21(26(29)32)24(35-6-3)16-10-8-7-9-15(16)23(20)34-5-2/h7-12H,4-6,13H2,1-3H3. The van der Waals surface area contributed by atoms with Crippen LogP contribution in [0.2, 0.25) is 0 Å². The van der Waals surface area contributed by atoms with Crippen LogP contribution in [0.15, 0.2) is 36.4 Å². The fourth-order valence-electron chi connectivity index (χ4n) is 4.20. The van der Waals surface area contributed by atoms with Gasteiger partial charge in [0.25, 0.3) is 11.8 Å². The van der Waals surface area contributed by atoms with E-state index in [9.17, 15) is 14.4 Å². The highest BCUT2D eigenvalue weighted by molar-refractivity contribution is 6.38. The van der Waals surface area contributed by atoms with E-state index in [0.29, 0.717) is 15.7 Å². The summed E-state index contributed by atoms with van der Waals surface area (Å²) in [5.41, 5.74) is -1.06. The van der Waals surface area contributed by atoms with Crippen LogP contribution < -0.4 is 14.4 Å². The summed E-state index contributed by atoms with van der Waals surface area (Å²) in [5, 5.41) is 1.07. The fraction of sp³-hybridized carbons (Fsp3) is 0.269. The molecule has 0 spiro atoms. The predicted octanol–water partition coefficient (Wildman–Crippen LogP) is 4.82. The Balaban J connectivity index is 1.89. The molecule has 0 aromatic heterocycles. The summed E-state index contributed by atoms with van der Waals surface area (Å²) in [6.45, 7) is 5.56. The monoisotopic (exact) mass is 483 g/mol. The van der Waals surface area contributed by atoms with Crippen molar-refractivity contribution in [2.24, 2.45) is 0 Å². The molecule has 3 aromatic rings. The number of fused-ring (bicyclic) bond motifs is 2. The maximum atomic E-state index is 15.1. The smallest absolute Gasteiger partial charge is 0.310 e. The van der Waals surface area contributed by atoms with Gasteiger partial charge in [-0.05, 0) is 38.5 Å². The lowest BCUT2D eigenvalue weighted by molar-refractivity contribution is -0.142. The van der Waals surface area contributed by atoms with Crippen LogP contribution in [0.25, 0.3) is 10.8 Å². The minimum absolute atomic E-state index is 0.00885. The topological polar surface area (TPSA) is 82.1 Å². The lowest BCUT2D eigenvalue weighted by Crippen LogP contribution is -2.31. The maximum absolute atomic E-state index is 15.1. The van der Waals surface area contributed by atoms with Crippen LogP contribution in [0, 0.1) is 11.6 Å². The highest BCUT2D eigenvalue weighted by Gasteiger charge is 2.45. The number of benzene rings is 3. The van der Waals surface area contributed by atoms with E-state index in [1.807, 2.05) is 0 Å². The highest BCUT2D eigenvalue weighted by atomic mass is 19.1. The van der Waals surface area contributed by atoms with Crippen LogP contribution >= 0.6 is 0 Å². The van der Waals surface area contributed by atoms with Crippen molar-refractivity contribution in [1.82, 2.24) is 0 Å². The largest absolute Gasteiger partial charge is 0.492 e. The van der Waals surface area contributed by atoms with E-state index in [2.05, 4.69) is 0 Å². The van der Waals surface area contributed by atoms with Gasteiger partial charge in [0.1, 0.15) is 17.2 Å². The molecule has 1 aliphatic heterocycles. The average Bonchev–Trinajstić information content (AvgIpc) is 3.06. The number of imide groups is 1. The Morgan fingerprint density at radius 3 is 1.74 bits per heavy atom. The zero-order chi connectivity index (χ0) is 25.3. The number of ether oxygens (including phenoxy) is 3. The van der Waals surface area contributed by atoms with Crippen LogP contribution in [0.1, 0.15) is 47.1 Å². The molecule has 0 unspecified atom stereocenters. The third kappa shape index (κ3) is 4.07. The maximum Gasteiger partial charge on any atom is 0.310 e. The minimum Gasteiger partial charge on any atom is -0.492 e. The van der Waals surface area contributed by atoms with E-state index >= 15 is 8.78 Å². The van der Waals surface area contributed by atoms with Crippen molar-refractivity contribution in [3.05, 3.63) is 64.7 Å². The summed E-state index contributed by atoms with van der Waals surface area (Å²) in [6, 6.07) is 8.73. The number of halogens is 2. The van der Waals surface area contributed by atoms with E-state index < -0.39 is 35.1 Å². The molecule has 1 aliphatic rings. The molecule has 0 radical (unpaired) electrons. The van der Waals surface area contributed by atoms with E-state index in [1.54, 1.807) is 45.0 Å². The molecule has 7 nitrogen and oxygen atoms in total. The zero-order valence-electron chi connectivity index (χ0n) is 19.4. The highest BCUT2D eigenvalue weighted by Crippen LogP contribution is 2.46. The van der Waals surface area contributed by atoms with Crippen molar-refractivity contribution >= 4 is 34.2 Å². The van der Waals surface area contributed by atoms with Crippen molar-refractivity contribution in [3.63, 3.8) is 0 Å². The van der Waals surface area contributed by atoms with Crippen molar-refractivity contribution in [3.8, 4) is 11.5 Å². The summed E-state index contributed by atoms with van der Waals surface area (Å²) in [7, 11) is 0. The van der Waals surface area contributed by atoms with Gasteiger partial charge in [0.2, 0.25) is 0 Å². The molecular formula is C26H23F2NO6.